The van der Waals surface area contributed by atoms with Gasteiger partial charge in [0.15, 0.2) is 6.10 Å². The van der Waals surface area contributed by atoms with Crippen molar-refractivity contribution in [2.24, 2.45) is 5.73 Å². The number of carboxylic acids is 1. The molecule has 0 heterocycles. The molecule has 0 aromatic heterocycles. The Morgan fingerprint density at radius 3 is 0.670 bits per heavy atom. The maximum atomic E-state index is 12.9. The smallest absolute Gasteiger partial charge is 0.472 e. The van der Waals surface area contributed by atoms with E-state index in [4.69, 9.17) is 29.4 Å². The Bertz CT molecular complexity index is 1580. The summed E-state index contributed by atoms with van der Waals surface area (Å²) in [6.45, 7) is 2.94. The van der Waals surface area contributed by atoms with Gasteiger partial charge >= 0.3 is 25.7 Å². The Kier molecular flexibility index (Phi) is 76.0. The summed E-state index contributed by atoms with van der Waals surface area (Å²) >= 11 is 0. The fourth-order valence-corrected chi connectivity index (χ4v) is 14.2. The molecule has 0 spiro atoms. The Labute approximate surface area is 584 Å². The maximum Gasteiger partial charge on any atom is 0.472 e. The van der Waals surface area contributed by atoms with E-state index in [1.807, 2.05) is 0 Å². The second-order valence-electron chi connectivity index (χ2n) is 29.3. The lowest BCUT2D eigenvalue weighted by Gasteiger charge is -2.20. The molecule has 0 aliphatic heterocycles. The van der Waals surface area contributed by atoms with Gasteiger partial charge in [0, 0.05) is 12.8 Å². The second-order valence-corrected chi connectivity index (χ2v) is 30.8. The lowest BCUT2D eigenvalue weighted by molar-refractivity contribution is -0.161. The first-order valence-electron chi connectivity index (χ1n) is 42.1. The monoisotopic (exact) mass is 1350 g/mol. The van der Waals surface area contributed by atoms with Crippen LogP contribution in [0.15, 0.2) is 0 Å². The van der Waals surface area contributed by atoms with Crippen LogP contribution < -0.4 is 5.73 Å². The number of hydrogen-bond acceptors (Lipinski definition) is 9. The summed E-state index contributed by atoms with van der Waals surface area (Å²) in [6, 6.07) is -1.52. The minimum atomic E-state index is -4.73. The third kappa shape index (κ3) is 76.2. The van der Waals surface area contributed by atoms with Gasteiger partial charge in [-0.1, -0.05) is 450 Å². The van der Waals surface area contributed by atoms with Gasteiger partial charge in [-0.25, -0.2) is 4.57 Å². The number of ether oxygens (including phenoxy) is 2. The lowest BCUT2D eigenvalue weighted by atomic mass is 10.0. The van der Waals surface area contributed by atoms with Crippen molar-refractivity contribution in [2.45, 2.75) is 488 Å². The Hall–Kier alpha value is -1.52. The van der Waals surface area contributed by atoms with E-state index < -0.39 is 51.1 Å². The second kappa shape index (κ2) is 77.2. The Balaban J connectivity index is 3.85. The number of unbranched alkanes of at least 4 members (excludes halogenated alkanes) is 68. The van der Waals surface area contributed by atoms with Crippen LogP contribution >= 0.6 is 7.82 Å². The largest absolute Gasteiger partial charge is 0.480 e. The molecule has 11 nitrogen and oxygen atoms in total. The Morgan fingerprint density at radius 2 is 0.468 bits per heavy atom. The lowest BCUT2D eigenvalue weighted by Crippen LogP contribution is -2.34. The van der Waals surface area contributed by atoms with E-state index in [0.29, 0.717) is 12.8 Å². The first-order valence-corrected chi connectivity index (χ1v) is 43.6. The van der Waals surface area contributed by atoms with Crippen molar-refractivity contribution < 1.29 is 47.5 Å². The summed E-state index contributed by atoms with van der Waals surface area (Å²) in [6.07, 6.45) is 94.2. The van der Waals surface area contributed by atoms with Gasteiger partial charge in [-0.05, 0) is 12.8 Å². The topological polar surface area (TPSA) is 172 Å². The first-order chi connectivity index (χ1) is 46.1. The summed E-state index contributed by atoms with van der Waals surface area (Å²) in [4.78, 5) is 46.7. The van der Waals surface area contributed by atoms with Gasteiger partial charge < -0.3 is 25.2 Å². The van der Waals surface area contributed by atoms with E-state index in [9.17, 15) is 23.8 Å². The van der Waals surface area contributed by atoms with Gasteiger partial charge in [-0.2, -0.15) is 0 Å². The van der Waals surface area contributed by atoms with Crippen molar-refractivity contribution in [1.29, 1.82) is 0 Å². The van der Waals surface area contributed by atoms with E-state index in [-0.39, 0.29) is 19.4 Å². The molecule has 12 heteroatoms. The molecule has 0 aliphatic carbocycles. The van der Waals surface area contributed by atoms with Crippen LogP contribution in [0.25, 0.3) is 0 Å². The van der Waals surface area contributed by atoms with Crippen molar-refractivity contribution in [3.63, 3.8) is 0 Å². The number of rotatable bonds is 82. The molecule has 0 bridgehead atoms. The van der Waals surface area contributed by atoms with Crippen molar-refractivity contribution in [1.82, 2.24) is 0 Å². The van der Waals surface area contributed by atoms with Crippen molar-refractivity contribution in [3.8, 4) is 0 Å². The third-order valence-electron chi connectivity index (χ3n) is 19.9. The average molecular weight is 1350 g/mol. The molecule has 0 aromatic rings. The highest BCUT2D eigenvalue weighted by Gasteiger charge is 2.28. The normalized spacial score (nSPS) is 13.0. The molecule has 4 N–H and O–H groups in total. The van der Waals surface area contributed by atoms with E-state index in [2.05, 4.69) is 13.8 Å². The first kappa shape index (κ1) is 92.5. The molecule has 560 valence electrons. The number of phosphoric acid groups is 1. The highest BCUT2D eigenvalue weighted by Crippen LogP contribution is 2.43. The number of carbonyl (C=O) groups is 3. The van der Waals surface area contributed by atoms with E-state index >= 15 is 0 Å². The summed E-state index contributed by atoms with van der Waals surface area (Å²) in [5, 5.41) is 9.01. The minimum Gasteiger partial charge on any atom is -0.480 e. The van der Waals surface area contributed by atoms with E-state index in [1.165, 1.54) is 398 Å². The predicted molar refractivity (Wildman–Crippen MR) is 402 cm³/mol. The predicted octanol–water partition coefficient (Wildman–Crippen LogP) is 27.1. The molecule has 1 unspecified atom stereocenters. The van der Waals surface area contributed by atoms with Crippen LogP contribution in [0, 0.1) is 0 Å². The number of esters is 2. The van der Waals surface area contributed by atoms with Crippen LogP contribution in [-0.4, -0.2) is 59.9 Å². The fraction of sp³-hybridized carbons (Fsp3) is 0.963. The highest BCUT2D eigenvalue weighted by atomic mass is 31.2. The number of nitrogens with two attached hydrogens (primary N) is 1. The van der Waals surface area contributed by atoms with E-state index in [1.54, 1.807) is 0 Å². The number of aliphatic carboxylic acids is 1. The summed E-state index contributed by atoms with van der Waals surface area (Å²) in [5.74, 6) is -2.33. The molecule has 3 atom stereocenters. The maximum absolute atomic E-state index is 12.9. The molecular formula is C82H162NO10P. The van der Waals surface area contributed by atoms with Crippen LogP contribution in [0.3, 0.4) is 0 Å². The number of hydrogen-bond donors (Lipinski definition) is 3. The molecule has 94 heavy (non-hydrogen) atoms. The van der Waals surface area contributed by atoms with Crippen LogP contribution in [0.2, 0.25) is 0 Å². The SMILES string of the molecule is CCCCCCCCCCCCCCCCCCCCCCCCCCCCCCCCCCCCCC(=O)OC[C@H](COP(=O)(O)OC[C@H](N)C(=O)O)OC(=O)CCCCCCCCCCCCCCCCCCCCCCCCCCCCCCCCCCCCC. The third-order valence-corrected chi connectivity index (χ3v) is 20.8. The van der Waals surface area contributed by atoms with Crippen LogP contribution in [0.5, 0.6) is 0 Å². The van der Waals surface area contributed by atoms with Gasteiger partial charge in [0.05, 0.1) is 13.2 Å². The molecule has 0 saturated carbocycles. The van der Waals surface area contributed by atoms with Crippen LogP contribution in [0.4, 0.5) is 0 Å². The van der Waals surface area contributed by atoms with Gasteiger partial charge in [-0.3, -0.25) is 23.4 Å². The van der Waals surface area contributed by atoms with Gasteiger partial charge in [0.2, 0.25) is 0 Å². The number of carbonyl (C=O) groups excluding carboxylic acids is 2. The molecule has 0 radical (unpaired) electrons. The molecule has 0 amide bonds. The quantitative estimate of drug-likeness (QED) is 0.0301. The Morgan fingerprint density at radius 1 is 0.287 bits per heavy atom. The summed E-state index contributed by atoms with van der Waals surface area (Å²) in [7, 11) is -4.73. The zero-order valence-electron chi connectivity index (χ0n) is 62.9. The molecule has 0 fully saturated rings. The molecule has 0 rings (SSSR count). The zero-order valence-corrected chi connectivity index (χ0v) is 63.8. The van der Waals surface area contributed by atoms with Crippen LogP contribution in [0.1, 0.15) is 476 Å². The van der Waals surface area contributed by atoms with Crippen LogP contribution in [-0.2, 0) is 37.5 Å². The van der Waals surface area contributed by atoms with Crippen molar-refractivity contribution >= 4 is 25.7 Å². The molecule has 0 saturated heterocycles. The van der Waals surface area contributed by atoms with Gasteiger partial charge in [0.25, 0.3) is 0 Å². The summed E-state index contributed by atoms with van der Waals surface area (Å²) in [5.41, 5.74) is 5.41. The van der Waals surface area contributed by atoms with Crippen molar-refractivity contribution in [3.05, 3.63) is 0 Å². The van der Waals surface area contributed by atoms with Crippen molar-refractivity contribution in [2.75, 3.05) is 19.8 Å². The van der Waals surface area contributed by atoms with E-state index in [0.717, 1.165) is 38.5 Å². The van der Waals surface area contributed by atoms with Gasteiger partial charge in [0.1, 0.15) is 12.6 Å². The number of phosphoric ester groups is 1. The molecular weight excluding hydrogens is 1190 g/mol. The summed E-state index contributed by atoms with van der Waals surface area (Å²) < 4.78 is 33.2. The average Bonchev–Trinajstić information content (AvgIpc) is 1.66. The standard InChI is InChI=1S/C82H162NO10P/c1-3-5-7-9-11-13-15-17-19-21-23-25-27-29-31-33-35-37-39-41-43-45-47-49-51-53-55-57-59-61-63-65-67-69-71-73-80(84)90-75-78(76-91-94(88,89)92-77-79(83)82(86)87)93-81(85)74-72-70-68-66-64-62-60-58-56-54-52-50-48-46-44-42-40-38-36-34-32-30-28-26-24-22-20-18-16-14-12-10-8-6-4-2/h78-79H,3-77,83H2,1-2H3,(H,86,87)(H,88,89)/t78-,79+/m1/s1. The van der Waals surface area contributed by atoms with Gasteiger partial charge in [-0.15, -0.1) is 0 Å². The fourth-order valence-electron chi connectivity index (χ4n) is 13.4. The minimum absolute atomic E-state index is 0.171. The molecule has 0 aromatic carbocycles. The highest BCUT2D eigenvalue weighted by molar-refractivity contribution is 7.47. The number of carboxylic acid groups (broad SMARTS) is 1. The zero-order chi connectivity index (χ0) is 68.2. The molecule has 0 aliphatic rings.